The van der Waals surface area contributed by atoms with Crippen LogP contribution in [0, 0.1) is 23.6 Å². The quantitative estimate of drug-likeness (QED) is 0.155. The van der Waals surface area contributed by atoms with Crippen molar-refractivity contribution in [1.29, 1.82) is 0 Å². The average molecular weight is 955 g/mol. The third-order valence-electron chi connectivity index (χ3n) is 16.0. The first-order valence-corrected chi connectivity index (χ1v) is 25.4. The van der Waals surface area contributed by atoms with Gasteiger partial charge in [-0.15, -0.1) is 0 Å². The number of hydrogen-bond acceptors (Lipinski definition) is 11. The average Bonchev–Trinajstić information content (AvgIpc) is 3.62. The number of carbonyl (C=O) groups excluding carboxylic acids is 6. The number of ether oxygens (including phenoxy) is 1. The number of likely N-dealkylation sites (tertiary alicyclic amines) is 2. The van der Waals surface area contributed by atoms with Crippen molar-refractivity contribution in [3.8, 4) is 5.75 Å². The van der Waals surface area contributed by atoms with Gasteiger partial charge in [0.2, 0.25) is 23.6 Å². The molecule has 1 aliphatic carbocycles. The van der Waals surface area contributed by atoms with E-state index in [-0.39, 0.29) is 54.0 Å². The van der Waals surface area contributed by atoms with Gasteiger partial charge in [-0.2, -0.15) is 0 Å². The van der Waals surface area contributed by atoms with Gasteiger partial charge in [0, 0.05) is 100 Å². The van der Waals surface area contributed by atoms with Gasteiger partial charge < -0.3 is 19.9 Å². The van der Waals surface area contributed by atoms with Crippen LogP contribution < -0.4 is 20.3 Å². The van der Waals surface area contributed by atoms with Crippen LogP contribution in [0.3, 0.4) is 0 Å². The Kier molecular flexibility index (Phi) is 14.0. The molecular formula is C54H63FN8O7. The van der Waals surface area contributed by atoms with Crippen molar-refractivity contribution in [2.24, 2.45) is 17.8 Å². The number of imide groups is 2. The van der Waals surface area contributed by atoms with E-state index < -0.39 is 29.7 Å². The number of halogens is 1. The number of aromatic nitrogens is 1. The number of pyridine rings is 1. The molecule has 16 heteroatoms. The lowest BCUT2D eigenvalue weighted by Crippen LogP contribution is -2.54. The van der Waals surface area contributed by atoms with E-state index in [9.17, 15) is 33.2 Å². The summed E-state index contributed by atoms with van der Waals surface area (Å²) in [5.41, 5.74) is 4.13. The van der Waals surface area contributed by atoms with E-state index in [2.05, 4.69) is 30.3 Å². The molecule has 70 heavy (non-hydrogen) atoms. The number of hydrogen-bond donors (Lipinski definition) is 2. The Morgan fingerprint density at radius 2 is 1.54 bits per heavy atom. The van der Waals surface area contributed by atoms with Crippen molar-refractivity contribution in [2.75, 3.05) is 75.7 Å². The molecule has 5 aliphatic heterocycles. The molecule has 4 aromatic rings. The minimum atomic E-state index is -0.980. The molecule has 368 valence electrons. The fraction of sp³-hybridized carbons (Fsp3) is 0.500. The molecule has 0 radical (unpaired) electrons. The third-order valence-corrected chi connectivity index (χ3v) is 16.0. The van der Waals surface area contributed by atoms with Crippen molar-refractivity contribution in [3.63, 3.8) is 0 Å². The van der Waals surface area contributed by atoms with Gasteiger partial charge in [-0.1, -0.05) is 13.0 Å². The van der Waals surface area contributed by atoms with Gasteiger partial charge in [0.25, 0.3) is 11.8 Å². The number of piperazine rings is 1. The summed E-state index contributed by atoms with van der Waals surface area (Å²) in [5.74, 6) is -0.377. The number of fused-ring (bicyclic) bond motifs is 2. The normalized spacial score (nSPS) is 23.6. The Morgan fingerprint density at radius 1 is 0.786 bits per heavy atom. The number of nitrogens with one attached hydrogen (secondary N) is 2. The number of carbonyl (C=O) groups is 6. The lowest BCUT2D eigenvalue weighted by Gasteiger charge is -2.40. The van der Waals surface area contributed by atoms with Crippen LogP contribution in [0.15, 0.2) is 72.9 Å². The first kappa shape index (κ1) is 47.4. The summed E-state index contributed by atoms with van der Waals surface area (Å²) in [6.07, 6.45) is 9.34. The molecular weight excluding hydrogens is 892 g/mol. The van der Waals surface area contributed by atoms with Crippen molar-refractivity contribution < 1.29 is 37.9 Å². The SMILES string of the molecule is C[C@@H](C(=O)Nc1cccc(OC2CCN(C(=O)CN3CCC(CN4CCN(c5ccc6c(c5)C(=O)N(C5CCC(=O)NC5=O)C6=O)CC4)CC3)CC2)c1)[C@H]1CC[C@@H](c2ccnc3ccc(F)cc32)CC1. The number of piperidine rings is 3. The van der Waals surface area contributed by atoms with E-state index in [1.807, 2.05) is 54.4 Å². The summed E-state index contributed by atoms with van der Waals surface area (Å²) in [7, 11) is 0. The smallest absolute Gasteiger partial charge is 0.262 e. The summed E-state index contributed by atoms with van der Waals surface area (Å²) >= 11 is 0. The number of benzene rings is 3. The number of amides is 6. The highest BCUT2D eigenvalue weighted by Gasteiger charge is 2.45. The maximum absolute atomic E-state index is 14.1. The van der Waals surface area contributed by atoms with Crippen molar-refractivity contribution in [2.45, 2.75) is 89.2 Å². The van der Waals surface area contributed by atoms with Crippen molar-refractivity contribution in [3.05, 3.63) is 95.4 Å². The Balaban J connectivity index is 0.614. The summed E-state index contributed by atoms with van der Waals surface area (Å²) in [5, 5.41) is 6.26. The zero-order chi connectivity index (χ0) is 48.5. The molecule has 6 amide bonds. The summed E-state index contributed by atoms with van der Waals surface area (Å²) in [6.45, 7) is 9.89. The van der Waals surface area contributed by atoms with Crippen LogP contribution in [0.1, 0.15) is 103 Å². The van der Waals surface area contributed by atoms with Crippen LogP contribution in [-0.2, 0) is 19.2 Å². The monoisotopic (exact) mass is 954 g/mol. The third kappa shape index (κ3) is 10.3. The minimum absolute atomic E-state index is 0.00179. The molecule has 0 bridgehead atoms. The van der Waals surface area contributed by atoms with Crippen molar-refractivity contribution >= 4 is 57.7 Å². The van der Waals surface area contributed by atoms with Crippen molar-refractivity contribution in [1.82, 2.24) is 29.9 Å². The molecule has 2 atom stereocenters. The maximum Gasteiger partial charge on any atom is 0.262 e. The predicted molar refractivity (Wildman–Crippen MR) is 262 cm³/mol. The Morgan fingerprint density at radius 3 is 2.30 bits per heavy atom. The Labute approximate surface area is 408 Å². The fourth-order valence-corrected chi connectivity index (χ4v) is 11.8. The summed E-state index contributed by atoms with van der Waals surface area (Å²) in [4.78, 5) is 92.0. The van der Waals surface area contributed by atoms with Gasteiger partial charge in [0.15, 0.2) is 0 Å². The molecule has 10 rings (SSSR count). The van der Waals surface area contributed by atoms with E-state index in [1.54, 1.807) is 24.3 Å². The molecule has 15 nitrogen and oxygen atoms in total. The van der Waals surface area contributed by atoms with Crippen LogP contribution in [0.2, 0.25) is 0 Å². The lowest BCUT2D eigenvalue weighted by atomic mass is 9.73. The molecule has 5 fully saturated rings. The highest BCUT2D eigenvalue weighted by molar-refractivity contribution is 6.23. The lowest BCUT2D eigenvalue weighted by molar-refractivity contribution is -0.136. The molecule has 3 aromatic carbocycles. The van der Waals surface area contributed by atoms with Gasteiger partial charge in [-0.25, -0.2) is 4.39 Å². The first-order chi connectivity index (χ1) is 33.9. The number of rotatable bonds is 12. The van der Waals surface area contributed by atoms with Crippen LogP contribution in [-0.4, -0.2) is 138 Å². The largest absolute Gasteiger partial charge is 0.490 e. The molecule has 4 saturated heterocycles. The van der Waals surface area contributed by atoms with Gasteiger partial charge >= 0.3 is 0 Å². The second-order valence-corrected chi connectivity index (χ2v) is 20.4. The van der Waals surface area contributed by atoms with E-state index in [4.69, 9.17) is 4.74 Å². The second-order valence-electron chi connectivity index (χ2n) is 20.4. The maximum atomic E-state index is 14.1. The van der Waals surface area contributed by atoms with Crippen LogP contribution in [0.4, 0.5) is 15.8 Å². The topological polar surface area (TPSA) is 165 Å². The zero-order valence-electron chi connectivity index (χ0n) is 40.0. The molecule has 0 spiro atoms. The van der Waals surface area contributed by atoms with E-state index >= 15 is 0 Å². The molecule has 2 N–H and O–H groups in total. The van der Waals surface area contributed by atoms with Gasteiger partial charge in [0.05, 0.1) is 23.2 Å². The van der Waals surface area contributed by atoms with Crippen LogP contribution in [0.5, 0.6) is 5.75 Å². The highest BCUT2D eigenvalue weighted by atomic mass is 19.1. The fourth-order valence-electron chi connectivity index (χ4n) is 11.8. The summed E-state index contributed by atoms with van der Waals surface area (Å²) in [6, 6.07) is 18.7. The first-order valence-electron chi connectivity index (χ1n) is 25.4. The second kappa shape index (κ2) is 20.6. The predicted octanol–water partition coefficient (Wildman–Crippen LogP) is 6.23. The number of nitrogens with zero attached hydrogens (tertiary/aromatic N) is 6. The number of anilines is 2. The van der Waals surface area contributed by atoms with E-state index in [1.165, 1.54) is 6.07 Å². The standard InChI is InChI=1S/C54H63FN8O7/c1-34(36-5-7-37(8-6-36)43-15-20-56-47-12-9-38(55)29-45(43)47)51(66)57-39-3-2-4-42(30-39)70-41-18-23-62(24-19-41)50(65)33-59-21-16-35(17-22-59)32-60-25-27-61(28-26-60)40-10-11-44-46(31-40)54(69)63(53(44)68)48-13-14-49(64)58-52(48)67/h2-4,9-12,15,20,29-31,34-37,41,48H,5-8,13-14,16-19,21-28,32-33H2,1H3,(H,57,66)(H,58,64,67)/t34-,36-,37+,48?/m1/s1. The minimum Gasteiger partial charge on any atom is -0.490 e. The van der Waals surface area contributed by atoms with E-state index in [0.717, 1.165) is 124 Å². The Bertz CT molecular complexity index is 2650. The molecule has 1 aromatic heterocycles. The Hall–Kier alpha value is -6.26. The van der Waals surface area contributed by atoms with Crippen LogP contribution >= 0.6 is 0 Å². The van der Waals surface area contributed by atoms with Gasteiger partial charge in [-0.05, 0) is 136 Å². The molecule has 6 heterocycles. The van der Waals surface area contributed by atoms with Crippen LogP contribution in [0.25, 0.3) is 10.9 Å². The van der Waals surface area contributed by atoms with Gasteiger partial charge in [0.1, 0.15) is 23.7 Å². The summed E-state index contributed by atoms with van der Waals surface area (Å²) < 4.78 is 20.5. The molecule has 6 aliphatic rings. The molecule has 1 saturated carbocycles. The van der Waals surface area contributed by atoms with E-state index in [0.29, 0.717) is 48.5 Å². The zero-order valence-corrected chi connectivity index (χ0v) is 40.0. The highest BCUT2D eigenvalue weighted by Crippen LogP contribution is 2.41. The van der Waals surface area contributed by atoms with Gasteiger partial charge in [-0.3, -0.25) is 53.8 Å². The molecule has 1 unspecified atom stereocenters.